The molecule has 1 heterocycles. The van der Waals surface area contributed by atoms with Crippen molar-refractivity contribution in [3.63, 3.8) is 0 Å². The third-order valence-corrected chi connectivity index (χ3v) is 6.34. The molecule has 0 bridgehead atoms. The van der Waals surface area contributed by atoms with Crippen LogP contribution in [0.4, 0.5) is 5.00 Å². The van der Waals surface area contributed by atoms with Crippen LogP contribution in [0, 0.1) is 0 Å². The minimum Gasteiger partial charge on any atom is -0.478 e. The molecule has 6 nitrogen and oxygen atoms in total. The van der Waals surface area contributed by atoms with Crippen LogP contribution in [0.5, 0.6) is 0 Å². The maximum absolute atomic E-state index is 12.8. The van der Waals surface area contributed by atoms with E-state index in [0.717, 1.165) is 55.4 Å². The van der Waals surface area contributed by atoms with Crippen molar-refractivity contribution in [3.8, 4) is 0 Å². The lowest BCUT2D eigenvalue weighted by Crippen LogP contribution is -2.22. The number of nitrogens with one attached hydrogen (secondary N) is 1. The van der Waals surface area contributed by atoms with E-state index in [1.54, 1.807) is 6.92 Å². The molecule has 27 heavy (non-hydrogen) atoms. The molecule has 3 rings (SSSR count). The first-order chi connectivity index (χ1) is 13.0. The fourth-order valence-electron chi connectivity index (χ4n) is 3.82. The van der Waals surface area contributed by atoms with Gasteiger partial charge in [0.2, 0.25) is 0 Å². The Labute approximate surface area is 162 Å². The monoisotopic (exact) mass is 391 g/mol. The zero-order valence-corrected chi connectivity index (χ0v) is 16.4. The summed E-state index contributed by atoms with van der Waals surface area (Å²) in [5.41, 5.74) is 1.96. The van der Waals surface area contributed by atoms with E-state index in [-0.39, 0.29) is 12.2 Å². The molecule has 2 aliphatic rings. The van der Waals surface area contributed by atoms with Crippen molar-refractivity contribution in [2.75, 3.05) is 11.9 Å². The lowest BCUT2D eigenvalue weighted by Gasteiger charge is -2.17. The smallest absolute Gasteiger partial charge is 0.341 e. The Balaban J connectivity index is 1.95. The average molecular weight is 391 g/mol. The standard InChI is InChI=1S/C20H25NO5S/c1-2-26-20(25)16-14-10-4-3-5-11-15(14)27-18(16)21-17(22)12-8-6-7-9-13(12)19(23)24/h2-11H2,1H3,(H,21,22)(H,23,24). The van der Waals surface area contributed by atoms with Crippen molar-refractivity contribution in [1.29, 1.82) is 0 Å². The van der Waals surface area contributed by atoms with E-state index in [0.29, 0.717) is 29.0 Å². The van der Waals surface area contributed by atoms with Crippen LogP contribution in [0.1, 0.15) is 72.7 Å². The molecule has 2 aliphatic carbocycles. The van der Waals surface area contributed by atoms with E-state index >= 15 is 0 Å². The predicted molar refractivity (Wildman–Crippen MR) is 103 cm³/mol. The number of amides is 1. The van der Waals surface area contributed by atoms with Crippen LogP contribution >= 0.6 is 11.3 Å². The molecule has 1 aromatic heterocycles. The average Bonchev–Trinajstić information content (AvgIpc) is 2.82. The van der Waals surface area contributed by atoms with E-state index in [1.807, 2.05) is 0 Å². The summed E-state index contributed by atoms with van der Waals surface area (Å²) in [6.07, 6.45) is 7.34. The van der Waals surface area contributed by atoms with Gasteiger partial charge in [-0.25, -0.2) is 9.59 Å². The van der Waals surface area contributed by atoms with Crippen molar-refractivity contribution in [2.45, 2.75) is 64.7 Å². The van der Waals surface area contributed by atoms with E-state index in [9.17, 15) is 19.5 Å². The Bertz CT molecular complexity index is 793. The number of carboxylic acid groups (broad SMARTS) is 1. The molecule has 0 saturated carbocycles. The molecule has 1 amide bonds. The number of rotatable bonds is 5. The summed E-state index contributed by atoms with van der Waals surface area (Å²) < 4.78 is 5.23. The van der Waals surface area contributed by atoms with Crippen LogP contribution in [-0.4, -0.2) is 29.6 Å². The van der Waals surface area contributed by atoms with Gasteiger partial charge in [0.15, 0.2) is 0 Å². The van der Waals surface area contributed by atoms with Crippen LogP contribution in [0.15, 0.2) is 11.1 Å². The zero-order chi connectivity index (χ0) is 19.4. The van der Waals surface area contributed by atoms with Crippen molar-refractivity contribution < 1.29 is 24.2 Å². The van der Waals surface area contributed by atoms with Gasteiger partial charge >= 0.3 is 11.9 Å². The predicted octanol–water partition coefficient (Wildman–Crippen LogP) is 4.09. The van der Waals surface area contributed by atoms with Gasteiger partial charge in [-0.15, -0.1) is 11.3 Å². The van der Waals surface area contributed by atoms with Crippen LogP contribution in [0.3, 0.4) is 0 Å². The number of carboxylic acids is 1. The van der Waals surface area contributed by atoms with Crippen LogP contribution in [0.25, 0.3) is 0 Å². The summed E-state index contributed by atoms with van der Waals surface area (Å²) in [5.74, 6) is -1.86. The highest BCUT2D eigenvalue weighted by Crippen LogP contribution is 2.38. The Hall–Kier alpha value is -2.15. The first-order valence-electron chi connectivity index (χ1n) is 9.61. The number of thiophene rings is 1. The molecule has 0 aliphatic heterocycles. The quantitative estimate of drug-likeness (QED) is 0.583. The zero-order valence-electron chi connectivity index (χ0n) is 15.6. The summed E-state index contributed by atoms with van der Waals surface area (Å²) >= 11 is 1.43. The van der Waals surface area contributed by atoms with Gasteiger partial charge in [0.1, 0.15) is 5.00 Å². The number of aryl methyl sites for hydroxylation is 1. The summed E-state index contributed by atoms with van der Waals surface area (Å²) in [6.45, 7) is 2.03. The number of aliphatic carboxylic acids is 1. The third kappa shape index (κ3) is 4.24. The molecule has 0 atom stereocenters. The Morgan fingerprint density at radius 1 is 1.00 bits per heavy atom. The van der Waals surface area contributed by atoms with Gasteiger partial charge in [-0.2, -0.15) is 0 Å². The van der Waals surface area contributed by atoms with Gasteiger partial charge < -0.3 is 15.2 Å². The Morgan fingerprint density at radius 2 is 1.67 bits per heavy atom. The second kappa shape index (κ2) is 8.69. The number of hydrogen-bond donors (Lipinski definition) is 2. The summed E-state index contributed by atoms with van der Waals surface area (Å²) in [6, 6.07) is 0. The number of fused-ring (bicyclic) bond motifs is 1. The van der Waals surface area contributed by atoms with Gasteiger partial charge in [0.05, 0.1) is 12.2 Å². The van der Waals surface area contributed by atoms with Gasteiger partial charge in [-0.05, 0) is 63.9 Å². The summed E-state index contributed by atoms with van der Waals surface area (Å²) in [4.78, 5) is 38.0. The van der Waals surface area contributed by atoms with Gasteiger partial charge in [-0.3, -0.25) is 4.79 Å². The molecule has 0 unspecified atom stereocenters. The highest BCUT2D eigenvalue weighted by molar-refractivity contribution is 7.17. The number of carbonyl (C=O) groups excluding carboxylic acids is 2. The molecule has 146 valence electrons. The highest BCUT2D eigenvalue weighted by atomic mass is 32.1. The molecule has 7 heteroatoms. The normalized spacial score (nSPS) is 17.1. The molecular weight excluding hydrogens is 366 g/mol. The van der Waals surface area contributed by atoms with Gasteiger partial charge in [-0.1, -0.05) is 6.42 Å². The largest absolute Gasteiger partial charge is 0.478 e. The fourth-order valence-corrected chi connectivity index (χ4v) is 5.09. The van der Waals surface area contributed by atoms with Gasteiger partial charge in [0, 0.05) is 16.0 Å². The van der Waals surface area contributed by atoms with Crippen molar-refractivity contribution in [1.82, 2.24) is 0 Å². The Kier molecular flexibility index (Phi) is 6.31. The lowest BCUT2D eigenvalue weighted by atomic mass is 9.91. The third-order valence-electron chi connectivity index (χ3n) is 5.13. The van der Waals surface area contributed by atoms with Gasteiger partial charge in [0.25, 0.3) is 5.91 Å². The first kappa shape index (κ1) is 19.6. The van der Waals surface area contributed by atoms with Crippen LogP contribution in [0.2, 0.25) is 0 Å². The molecule has 0 spiro atoms. The topological polar surface area (TPSA) is 92.7 Å². The number of carbonyl (C=O) groups is 3. The molecule has 0 fully saturated rings. The lowest BCUT2D eigenvalue weighted by molar-refractivity contribution is -0.133. The number of ether oxygens (including phenoxy) is 1. The fraction of sp³-hybridized carbons (Fsp3) is 0.550. The maximum atomic E-state index is 12.8. The molecular formula is C20H25NO5S. The van der Waals surface area contributed by atoms with Crippen LogP contribution < -0.4 is 5.32 Å². The van der Waals surface area contributed by atoms with E-state index in [4.69, 9.17) is 4.74 Å². The van der Waals surface area contributed by atoms with E-state index in [2.05, 4.69) is 5.32 Å². The second-order valence-corrected chi connectivity index (χ2v) is 8.02. The second-order valence-electron chi connectivity index (χ2n) is 6.91. The molecule has 1 aromatic rings. The SMILES string of the molecule is CCOC(=O)c1c(NC(=O)C2=C(C(=O)O)CCCC2)sc2c1CCCCC2. The van der Waals surface area contributed by atoms with E-state index in [1.165, 1.54) is 11.3 Å². The van der Waals surface area contributed by atoms with E-state index < -0.39 is 17.8 Å². The molecule has 2 N–H and O–H groups in total. The summed E-state index contributed by atoms with van der Waals surface area (Å²) in [7, 11) is 0. The highest BCUT2D eigenvalue weighted by Gasteiger charge is 2.29. The molecule has 0 aromatic carbocycles. The Morgan fingerprint density at radius 3 is 2.37 bits per heavy atom. The van der Waals surface area contributed by atoms with Crippen molar-refractivity contribution >= 4 is 34.2 Å². The number of esters is 1. The minimum atomic E-state index is -1.03. The maximum Gasteiger partial charge on any atom is 0.341 e. The first-order valence-corrected chi connectivity index (χ1v) is 10.4. The van der Waals surface area contributed by atoms with Crippen molar-refractivity contribution in [3.05, 3.63) is 27.2 Å². The number of anilines is 1. The van der Waals surface area contributed by atoms with Crippen molar-refractivity contribution in [2.24, 2.45) is 0 Å². The molecule has 0 saturated heterocycles. The van der Waals surface area contributed by atoms with Crippen LogP contribution in [-0.2, 0) is 27.2 Å². The summed E-state index contributed by atoms with van der Waals surface area (Å²) in [5, 5.41) is 12.7. The number of hydrogen-bond acceptors (Lipinski definition) is 5. The minimum absolute atomic E-state index is 0.189. The molecule has 0 radical (unpaired) electrons.